The summed E-state index contributed by atoms with van der Waals surface area (Å²) in [5.74, 6) is 1.34. The van der Waals surface area contributed by atoms with Gasteiger partial charge in [-0.05, 0) is 18.6 Å². The standard InChI is InChI=1S/C12H16N4O2/c1-3-5-9(13)10-15-12(18-16-10)8-6-4-7-14-11(8)17-2/h4,6-7,9H,3,5,13H2,1-2H3. The van der Waals surface area contributed by atoms with Gasteiger partial charge in [0.15, 0.2) is 5.82 Å². The molecule has 1 atom stereocenters. The number of nitrogens with two attached hydrogens (primary N) is 1. The lowest BCUT2D eigenvalue weighted by Crippen LogP contribution is -2.11. The summed E-state index contributed by atoms with van der Waals surface area (Å²) in [6.45, 7) is 2.06. The van der Waals surface area contributed by atoms with Gasteiger partial charge in [0.05, 0.1) is 13.2 Å². The van der Waals surface area contributed by atoms with Gasteiger partial charge in [0.25, 0.3) is 5.89 Å². The van der Waals surface area contributed by atoms with Crippen LogP contribution in [-0.4, -0.2) is 22.2 Å². The molecular formula is C12H16N4O2. The Hall–Kier alpha value is -1.95. The fraction of sp³-hybridized carbons (Fsp3) is 0.417. The van der Waals surface area contributed by atoms with Gasteiger partial charge in [-0.1, -0.05) is 18.5 Å². The summed E-state index contributed by atoms with van der Waals surface area (Å²) >= 11 is 0. The third-order valence-corrected chi connectivity index (χ3v) is 2.57. The van der Waals surface area contributed by atoms with E-state index in [-0.39, 0.29) is 6.04 Å². The molecule has 18 heavy (non-hydrogen) atoms. The Morgan fingerprint density at radius 2 is 2.33 bits per heavy atom. The molecule has 0 aliphatic carbocycles. The van der Waals surface area contributed by atoms with Gasteiger partial charge in [-0.2, -0.15) is 4.98 Å². The van der Waals surface area contributed by atoms with Crippen molar-refractivity contribution < 1.29 is 9.26 Å². The summed E-state index contributed by atoms with van der Waals surface area (Å²) in [5.41, 5.74) is 6.60. The fourth-order valence-electron chi connectivity index (χ4n) is 1.65. The van der Waals surface area contributed by atoms with E-state index in [2.05, 4.69) is 22.0 Å². The number of methoxy groups -OCH3 is 1. The van der Waals surface area contributed by atoms with E-state index in [4.69, 9.17) is 15.0 Å². The van der Waals surface area contributed by atoms with Gasteiger partial charge in [0, 0.05) is 6.20 Å². The maximum Gasteiger partial charge on any atom is 0.263 e. The number of hydrogen-bond donors (Lipinski definition) is 1. The minimum atomic E-state index is -0.199. The van der Waals surface area contributed by atoms with Gasteiger partial charge in [0.1, 0.15) is 5.56 Å². The second-order valence-corrected chi connectivity index (χ2v) is 3.91. The SMILES string of the molecule is CCCC(N)c1noc(-c2cccnc2OC)n1. The van der Waals surface area contributed by atoms with Crippen LogP contribution in [0.5, 0.6) is 5.88 Å². The molecule has 96 valence electrons. The minimum absolute atomic E-state index is 0.199. The Morgan fingerprint density at radius 1 is 1.50 bits per heavy atom. The molecule has 0 fully saturated rings. The van der Waals surface area contributed by atoms with Crippen molar-refractivity contribution in [3.05, 3.63) is 24.2 Å². The predicted molar refractivity (Wildman–Crippen MR) is 65.9 cm³/mol. The zero-order valence-electron chi connectivity index (χ0n) is 10.5. The second kappa shape index (κ2) is 5.59. The molecule has 2 aromatic rings. The molecule has 0 amide bonds. The molecule has 2 heterocycles. The molecule has 0 saturated heterocycles. The Bertz CT molecular complexity index is 512. The number of hydrogen-bond acceptors (Lipinski definition) is 6. The lowest BCUT2D eigenvalue weighted by atomic mass is 10.2. The number of aromatic nitrogens is 3. The van der Waals surface area contributed by atoms with Crippen LogP contribution in [0, 0.1) is 0 Å². The van der Waals surface area contributed by atoms with E-state index in [0.717, 1.165) is 12.8 Å². The van der Waals surface area contributed by atoms with Crippen molar-refractivity contribution in [2.45, 2.75) is 25.8 Å². The largest absolute Gasteiger partial charge is 0.480 e. The number of pyridine rings is 1. The van der Waals surface area contributed by atoms with Crippen LogP contribution in [0.15, 0.2) is 22.9 Å². The zero-order chi connectivity index (χ0) is 13.0. The molecule has 0 aliphatic rings. The lowest BCUT2D eigenvalue weighted by Gasteiger charge is -2.03. The summed E-state index contributed by atoms with van der Waals surface area (Å²) < 4.78 is 10.3. The molecule has 0 radical (unpaired) electrons. The molecule has 6 heteroatoms. The third-order valence-electron chi connectivity index (χ3n) is 2.57. The summed E-state index contributed by atoms with van der Waals surface area (Å²) in [4.78, 5) is 8.37. The lowest BCUT2D eigenvalue weighted by molar-refractivity contribution is 0.389. The van der Waals surface area contributed by atoms with E-state index in [9.17, 15) is 0 Å². The zero-order valence-corrected chi connectivity index (χ0v) is 10.5. The van der Waals surface area contributed by atoms with Crippen LogP contribution in [0.25, 0.3) is 11.5 Å². The Morgan fingerprint density at radius 3 is 3.06 bits per heavy atom. The highest BCUT2D eigenvalue weighted by Gasteiger charge is 2.17. The monoisotopic (exact) mass is 248 g/mol. The summed E-state index contributed by atoms with van der Waals surface area (Å²) in [7, 11) is 1.55. The average Bonchev–Trinajstić information content (AvgIpc) is 2.88. The predicted octanol–water partition coefficient (Wildman–Crippen LogP) is 1.94. The summed E-state index contributed by atoms with van der Waals surface area (Å²) in [6, 6.07) is 3.40. The first-order valence-corrected chi connectivity index (χ1v) is 5.84. The summed E-state index contributed by atoms with van der Waals surface area (Å²) in [6.07, 6.45) is 3.44. The van der Waals surface area contributed by atoms with Crippen molar-refractivity contribution in [1.82, 2.24) is 15.1 Å². The van der Waals surface area contributed by atoms with Crippen molar-refractivity contribution in [2.75, 3.05) is 7.11 Å². The number of rotatable bonds is 5. The molecule has 0 saturated carbocycles. The van der Waals surface area contributed by atoms with Crippen LogP contribution in [-0.2, 0) is 0 Å². The van der Waals surface area contributed by atoms with Crippen molar-refractivity contribution in [3.8, 4) is 17.3 Å². The van der Waals surface area contributed by atoms with Crippen molar-refractivity contribution >= 4 is 0 Å². The quantitative estimate of drug-likeness (QED) is 0.870. The van der Waals surface area contributed by atoms with Crippen LogP contribution in [0.2, 0.25) is 0 Å². The molecule has 1 unspecified atom stereocenters. The molecule has 0 spiro atoms. The normalized spacial score (nSPS) is 12.4. The van der Waals surface area contributed by atoms with Gasteiger partial charge in [-0.15, -0.1) is 0 Å². The van der Waals surface area contributed by atoms with Gasteiger partial charge in [-0.3, -0.25) is 0 Å². The fourth-order valence-corrected chi connectivity index (χ4v) is 1.65. The van der Waals surface area contributed by atoms with Gasteiger partial charge >= 0.3 is 0 Å². The Labute approximate surface area is 105 Å². The molecule has 0 bridgehead atoms. The van der Waals surface area contributed by atoms with Crippen molar-refractivity contribution in [2.24, 2.45) is 5.73 Å². The maximum atomic E-state index is 5.94. The first-order valence-electron chi connectivity index (χ1n) is 5.84. The topological polar surface area (TPSA) is 87.1 Å². The van der Waals surface area contributed by atoms with Crippen LogP contribution in [0.3, 0.4) is 0 Å². The van der Waals surface area contributed by atoms with E-state index >= 15 is 0 Å². The average molecular weight is 248 g/mol. The molecular weight excluding hydrogens is 232 g/mol. The van der Waals surface area contributed by atoms with E-state index in [0.29, 0.717) is 23.2 Å². The van der Waals surface area contributed by atoms with Crippen LogP contribution >= 0.6 is 0 Å². The second-order valence-electron chi connectivity index (χ2n) is 3.91. The van der Waals surface area contributed by atoms with Gasteiger partial charge in [-0.25, -0.2) is 4.98 Å². The Balaban J connectivity index is 2.29. The smallest absolute Gasteiger partial charge is 0.263 e. The van der Waals surface area contributed by atoms with E-state index < -0.39 is 0 Å². The molecule has 0 aromatic carbocycles. The van der Waals surface area contributed by atoms with Gasteiger partial charge < -0.3 is 15.0 Å². The van der Waals surface area contributed by atoms with E-state index in [1.165, 1.54) is 0 Å². The number of nitrogens with zero attached hydrogens (tertiary/aromatic N) is 3. The molecule has 6 nitrogen and oxygen atoms in total. The van der Waals surface area contributed by atoms with E-state index in [1.54, 1.807) is 19.4 Å². The molecule has 0 aliphatic heterocycles. The third kappa shape index (κ3) is 2.48. The Kier molecular flexibility index (Phi) is 3.88. The first kappa shape index (κ1) is 12.5. The minimum Gasteiger partial charge on any atom is -0.480 e. The maximum absolute atomic E-state index is 5.94. The molecule has 2 rings (SSSR count). The first-order chi connectivity index (χ1) is 8.76. The van der Waals surface area contributed by atoms with Crippen molar-refractivity contribution in [3.63, 3.8) is 0 Å². The van der Waals surface area contributed by atoms with Gasteiger partial charge in [0.2, 0.25) is 5.88 Å². The van der Waals surface area contributed by atoms with E-state index in [1.807, 2.05) is 6.07 Å². The molecule has 2 N–H and O–H groups in total. The summed E-state index contributed by atoms with van der Waals surface area (Å²) in [5, 5.41) is 3.89. The van der Waals surface area contributed by atoms with Crippen LogP contribution < -0.4 is 10.5 Å². The molecule has 2 aromatic heterocycles. The van der Waals surface area contributed by atoms with Crippen LogP contribution in [0.1, 0.15) is 31.6 Å². The van der Waals surface area contributed by atoms with Crippen LogP contribution in [0.4, 0.5) is 0 Å². The highest BCUT2D eigenvalue weighted by Crippen LogP contribution is 2.26. The van der Waals surface area contributed by atoms with Crippen molar-refractivity contribution in [1.29, 1.82) is 0 Å². The number of ether oxygens (including phenoxy) is 1. The highest BCUT2D eigenvalue weighted by molar-refractivity contribution is 5.59. The highest BCUT2D eigenvalue weighted by atomic mass is 16.5.